The van der Waals surface area contributed by atoms with Crippen LogP contribution in [0.25, 0.3) is 0 Å². The van der Waals surface area contributed by atoms with Gasteiger partial charge < -0.3 is 0 Å². The number of rotatable bonds is 1. The third-order valence-corrected chi connectivity index (χ3v) is 2.37. The smallest absolute Gasteiger partial charge is 0.225 e. The molecule has 0 spiro atoms. The number of hydrogen-bond acceptors (Lipinski definition) is 2. The molecule has 0 radical (unpaired) electrons. The zero-order chi connectivity index (χ0) is 9.14. The first kappa shape index (κ1) is 9.62. The van der Waals surface area contributed by atoms with E-state index in [0.29, 0.717) is 9.94 Å². The third kappa shape index (κ3) is 2.54. The highest BCUT2D eigenvalue weighted by molar-refractivity contribution is 8.19. The molecular weight excluding hydrogens is 192 g/mol. The molecule has 3 heteroatoms. The number of carbonyl (C=O) groups excluding carboxylic acids is 1. The number of thioether (sulfide) groups is 1. The van der Waals surface area contributed by atoms with Crippen LogP contribution in [0.3, 0.4) is 0 Å². The Morgan fingerprint density at radius 3 is 2.67 bits per heavy atom. The first-order valence-corrected chi connectivity index (χ1v) is 4.73. The van der Waals surface area contributed by atoms with Gasteiger partial charge in [-0.2, -0.15) is 0 Å². The standard InChI is InChI=1S/C9H9ClOS/c1-6(2)3-4-7-5-8(10)12-9(7)11/h3-5H,1-2H3/b7-4-. The van der Waals surface area contributed by atoms with Crippen molar-refractivity contribution >= 4 is 28.5 Å². The lowest BCUT2D eigenvalue weighted by atomic mass is 10.2. The van der Waals surface area contributed by atoms with Crippen molar-refractivity contribution < 1.29 is 4.79 Å². The Hall–Kier alpha value is -0.470. The molecule has 1 rings (SSSR count). The minimum absolute atomic E-state index is 0.0255. The van der Waals surface area contributed by atoms with E-state index < -0.39 is 0 Å². The Balaban J connectivity index is 2.83. The molecule has 0 aromatic heterocycles. The molecule has 0 N–H and O–H groups in total. The van der Waals surface area contributed by atoms with E-state index in [1.54, 1.807) is 12.2 Å². The fraction of sp³-hybridized carbons (Fsp3) is 0.222. The van der Waals surface area contributed by atoms with Gasteiger partial charge in [-0.25, -0.2) is 0 Å². The SMILES string of the molecule is CC(C)=C/C=C1/C=C(Cl)SC1=O. The summed E-state index contributed by atoms with van der Waals surface area (Å²) < 4.78 is 0.549. The lowest BCUT2D eigenvalue weighted by Crippen LogP contribution is -1.85. The molecule has 1 nitrogen and oxygen atoms in total. The van der Waals surface area contributed by atoms with Gasteiger partial charge in [-0.05, 0) is 31.7 Å². The average molecular weight is 201 g/mol. The van der Waals surface area contributed by atoms with Crippen molar-refractivity contribution in [2.45, 2.75) is 13.8 Å². The summed E-state index contributed by atoms with van der Waals surface area (Å²) in [5.74, 6) is 0. The Bertz CT molecular complexity index is 296. The van der Waals surface area contributed by atoms with Crippen molar-refractivity contribution in [1.82, 2.24) is 0 Å². The second-order valence-corrected chi connectivity index (χ2v) is 4.35. The van der Waals surface area contributed by atoms with Crippen LogP contribution in [-0.2, 0) is 4.79 Å². The van der Waals surface area contributed by atoms with Crippen LogP contribution in [0.2, 0.25) is 0 Å². The molecule has 0 atom stereocenters. The van der Waals surface area contributed by atoms with Crippen LogP contribution in [0.1, 0.15) is 13.8 Å². The molecule has 0 saturated heterocycles. The Labute approximate surface area is 81.2 Å². The predicted molar refractivity (Wildman–Crippen MR) is 54.0 cm³/mol. The maximum Gasteiger partial charge on any atom is 0.225 e. The summed E-state index contributed by atoms with van der Waals surface area (Å²) >= 11 is 6.73. The molecule has 1 heterocycles. The summed E-state index contributed by atoms with van der Waals surface area (Å²) in [6, 6.07) is 0. The van der Waals surface area contributed by atoms with E-state index in [2.05, 4.69) is 0 Å². The first-order chi connectivity index (χ1) is 5.59. The second-order valence-electron chi connectivity index (χ2n) is 2.70. The molecule has 0 unspecified atom stereocenters. The quantitative estimate of drug-likeness (QED) is 0.605. The lowest BCUT2D eigenvalue weighted by molar-refractivity contribution is -0.107. The highest BCUT2D eigenvalue weighted by Crippen LogP contribution is 2.32. The van der Waals surface area contributed by atoms with Crippen LogP contribution >= 0.6 is 23.4 Å². The summed E-state index contributed by atoms with van der Waals surface area (Å²) in [6.07, 6.45) is 5.38. The van der Waals surface area contributed by atoms with E-state index in [9.17, 15) is 4.79 Å². The normalized spacial score (nSPS) is 19.8. The zero-order valence-electron chi connectivity index (χ0n) is 6.93. The molecular formula is C9H9ClOS. The van der Waals surface area contributed by atoms with Gasteiger partial charge in [-0.15, -0.1) is 0 Å². The van der Waals surface area contributed by atoms with E-state index in [0.717, 1.165) is 17.3 Å². The van der Waals surface area contributed by atoms with E-state index >= 15 is 0 Å². The molecule has 1 aliphatic rings. The van der Waals surface area contributed by atoms with Crippen LogP contribution in [0.4, 0.5) is 0 Å². The summed E-state index contributed by atoms with van der Waals surface area (Å²) in [4.78, 5) is 11.1. The molecule has 64 valence electrons. The van der Waals surface area contributed by atoms with E-state index in [4.69, 9.17) is 11.6 Å². The van der Waals surface area contributed by atoms with Crippen molar-refractivity contribution in [2.75, 3.05) is 0 Å². The Kier molecular flexibility index (Phi) is 3.18. The first-order valence-electron chi connectivity index (χ1n) is 3.54. The maximum atomic E-state index is 11.1. The van der Waals surface area contributed by atoms with E-state index in [1.165, 1.54) is 0 Å². The van der Waals surface area contributed by atoms with Crippen LogP contribution in [0, 0.1) is 0 Å². The van der Waals surface area contributed by atoms with Crippen molar-refractivity contribution in [3.8, 4) is 0 Å². The largest absolute Gasteiger partial charge is 0.281 e. The number of halogens is 1. The van der Waals surface area contributed by atoms with Gasteiger partial charge in [0.15, 0.2) is 0 Å². The molecule has 0 aromatic rings. The zero-order valence-corrected chi connectivity index (χ0v) is 8.50. The highest BCUT2D eigenvalue weighted by Gasteiger charge is 2.17. The summed E-state index contributed by atoms with van der Waals surface area (Å²) in [5.41, 5.74) is 1.84. The molecule has 12 heavy (non-hydrogen) atoms. The minimum atomic E-state index is 0.0255. The molecule has 0 saturated carbocycles. The fourth-order valence-corrected chi connectivity index (χ4v) is 1.67. The lowest BCUT2D eigenvalue weighted by Gasteiger charge is -1.87. The molecule has 0 bridgehead atoms. The highest BCUT2D eigenvalue weighted by atomic mass is 35.5. The monoisotopic (exact) mass is 200 g/mol. The van der Waals surface area contributed by atoms with Gasteiger partial charge in [-0.3, -0.25) is 4.79 Å². The average Bonchev–Trinajstić information content (AvgIpc) is 2.26. The maximum absolute atomic E-state index is 11.1. The fourth-order valence-electron chi connectivity index (χ4n) is 0.731. The van der Waals surface area contributed by atoms with Crippen molar-refractivity contribution in [3.05, 3.63) is 33.7 Å². The van der Waals surface area contributed by atoms with Gasteiger partial charge in [-0.1, -0.05) is 29.3 Å². The molecule has 0 aromatic carbocycles. The summed E-state index contributed by atoms with van der Waals surface area (Å²) in [6.45, 7) is 3.96. The van der Waals surface area contributed by atoms with E-state index in [-0.39, 0.29) is 5.12 Å². The van der Waals surface area contributed by atoms with Gasteiger partial charge in [0.2, 0.25) is 5.12 Å². The summed E-state index contributed by atoms with van der Waals surface area (Å²) in [5, 5.41) is 0.0255. The van der Waals surface area contributed by atoms with Gasteiger partial charge >= 0.3 is 0 Å². The number of hydrogen-bond donors (Lipinski definition) is 0. The van der Waals surface area contributed by atoms with Crippen LogP contribution in [-0.4, -0.2) is 5.12 Å². The Morgan fingerprint density at radius 2 is 2.25 bits per heavy atom. The van der Waals surface area contributed by atoms with Gasteiger partial charge in [0.1, 0.15) is 0 Å². The molecule has 0 fully saturated rings. The van der Waals surface area contributed by atoms with E-state index in [1.807, 2.05) is 19.9 Å². The van der Waals surface area contributed by atoms with Crippen LogP contribution < -0.4 is 0 Å². The van der Waals surface area contributed by atoms with Crippen LogP contribution in [0.5, 0.6) is 0 Å². The summed E-state index contributed by atoms with van der Waals surface area (Å²) in [7, 11) is 0. The predicted octanol–water partition coefficient (Wildman–Crippen LogP) is 3.23. The van der Waals surface area contributed by atoms with Gasteiger partial charge in [0.05, 0.1) is 4.36 Å². The molecule has 0 aliphatic carbocycles. The Morgan fingerprint density at radius 1 is 1.58 bits per heavy atom. The van der Waals surface area contributed by atoms with Crippen molar-refractivity contribution in [1.29, 1.82) is 0 Å². The molecule has 1 aliphatic heterocycles. The molecule has 0 amide bonds. The van der Waals surface area contributed by atoms with Gasteiger partial charge in [0, 0.05) is 5.57 Å². The van der Waals surface area contributed by atoms with Crippen molar-refractivity contribution in [3.63, 3.8) is 0 Å². The second kappa shape index (κ2) is 3.97. The third-order valence-electron chi connectivity index (χ3n) is 1.29. The minimum Gasteiger partial charge on any atom is -0.281 e. The topological polar surface area (TPSA) is 17.1 Å². The number of allylic oxidation sites excluding steroid dienone is 4. The van der Waals surface area contributed by atoms with Crippen molar-refractivity contribution in [2.24, 2.45) is 0 Å². The van der Waals surface area contributed by atoms with Gasteiger partial charge in [0.25, 0.3) is 0 Å². The van der Waals surface area contributed by atoms with Crippen LogP contribution in [0.15, 0.2) is 33.7 Å². The number of carbonyl (C=O) groups is 1.